The zero-order valence-electron chi connectivity index (χ0n) is 18.2. The second-order valence-electron chi connectivity index (χ2n) is 7.89. The molecule has 0 radical (unpaired) electrons. The van der Waals surface area contributed by atoms with Crippen LogP contribution >= 0.6 is 22.7 Å². The highest BCUT2D eigenvalue weighted by atomic mass is 32.1. The lowest BCUT2D eigenvalue weighted by molar-refractivity contribution is 0.599. The number of rotatable bonds is 9. The fraction of sp³-hybridized carbons (Fsp3) is 0.520. The molecule has 27 heavy (non-hydrogen) atoms. The summed E-state index contributed by atoms with van der Waals surface area (Å²) in [5.41, 5.74) is 4.66. The van der Waals surface area contributed by atoms with Gasteiger partial charge in [0.2, 0.25) is 0 Å². The van der Waals surface area contributed by atoms with Crippen LogP contribution in [0.5, 0.6) is 0 Å². The van der Waals surface area contributed by atoms with Crippen molar-refractivity contribution < 1.29 is 0 Å². The monoisotopic (exact) mass is 400 g/mol. The molecular weight excluding hydrogens is 364 g/mol. The summed E-state index contributed by atoms with van der Waals surface area (Å²) in [6, 6.07) is 6.98. The van der Waals surface area contributed by atoms with E-state index >= 15 is 0 Å². The number of aryl methyl sites for hydroxylation is 3. The Hall–Kier alpha value is -1.12. The Kier molecular flexibility index (Phi) is 8.57. The van der Waals surface area contributed by atoms with Gasteiger partial charge in [0.25, 0.3) is 0 Å². The summed E-state index contributed by atoms with van der Waals surface area (Å²) >= 11 is 3.92. The van der Waals surface area contributed by atoms with Gasteiger partial charge in [-0.05, 0) is 80.7 Å². The van der Waals surface area contributed by atoms with Crippen molar-refractivity contribution in [3.8, 4) is 0 Å². The van der Waals surface area contributed by atoms with E-state index in [2.05, 4.69) is 78.8 Å². The molecule has 1 unspecified atom stereocenters. The van der Waals surface area contributed by atoms with Gasteiger partial charge >= 0.3 is 0 Å². The predicted octanol–water partition coefficient (Wildman–Crippen LogP) is 8.94. The van der Waals surface area contributed by atoms with E-state index in [4.69, 9.17) is 0 Å². The molecule has 0 nitrogen and oxygen atoms in total. The maximum atomic E-state index is 2.43. The van der Waals surface area contributed by atoms with Gasteiger partial charge in [0, 0.05) is 19.5 Å². The molecule has 0 saturated carbocycles. The standard InChI is InChI=1S/C25H36S2/c1-8-23(24(9-2)25-15-12-19(6)26-25)18(5)11-14-22-16-21(20(7)27-22)13-10-17(3)4/h10,12-13,15-18H,8-9,11,14H2,1-7H3/b13-10+,24-23-. The molecular formula is C25H36S2. The summed E-state index contributed by atoms with van der Waals surface area (Å²) in [5, 5.41) is 0. The highest BCUT2D eigenvalue weighted by Gasteiger charge is 2.15. The van der Waals surface area contributed by atoms with Crippen LogP contribution in [-0.2, 0) is 6.42 Å². The van der Waals surface area contributed by atoms with Crippen molar-refractivity contribution in [1.29, 1.82) is 0 Å². The van der Waals surface area contributed by atoms with Crippen LogP contribution in [0.3, 0.4) is 0 Å². The molecule has 0 N–H and O–H groups in total. The van der Waals surface area contributed by atoms with Crippen molar-refractivity contribution in [2.45, 2.75) is 74.1 Å². The van der Waals surface area contributed by atoms with Crippen LogP contribution in [0.15, 0.2) is 29.8 Å². The summed E-state index contributed by atoms with van der Waals surface area (Å²) in [4.78, 5) is 5.87. The van der Waals surface area contributed by atoms with Crippen LogP contribution in [0, 0.1) is 25.7 Å². The molecule has 0 fully saturated rings. The van der Waals surface area contributed by atoms with E-state index in [0.717, 1.165) is 12.8 Å². The number of thiophene rings is 2. The smallest absolute Gasteiger partial charge is 0.0304 e. The molecule has 2 aromatic rings. The van der Waals surface area contributed by atoms with Crippen LogP contribution in [0.25, 0.3) is 11.6 Å². The van der Waals surface area contributed by atoms with Crippen LogP contribution in [0.4, 0.5) is 0 Å². The molecule has 0 bridgehead atoms. The average Bonchev–Trinajstić information content (AvgIpc) is 3.21. The van der Waals surface area contributed by atoms with E-state index in [9.17, 15) is 0 Å². The molecule has 0 saturated heterocycles. The highest BCUT2D eigenvalue weighted by Crippen LogP contribution is 2.35. The first kappa shape index (κ1) is 22.2. The molecule has 2 aromatic heterocycles. The summed E-state index contributed by atoms with van der Waals surface area (Å²) in [5.74, 6) is 1.25. The van der Waals surface area contributed by atoms with E-state index in [1.807, 2.05) is 22.7 Å². The van der Waals surface area contributed by atoms with E-state index in [1.165, 1.54) is 37.9 Å². The van der Waals surface area contributed by atoms with Crippen molar-refractivity contribution in [2.75, 3.05) is 0 Å². The fourth-order valence-electron chi connectivity index (χ4n) is 3.69. The molecule has 0 aliphatic rings. The van der Waals surface area contributed by atoms with Gasteiger partial charge in [0.15, 0.2) is 0 Å². The normalized spacial score (nSPS) is 14.2. The van der Waals surface area contributed by atoms with Gasteiger partial charge in [0.1, 0.15) is 0 Å². The van der Waals surface area contributed by atoms with E-state index in [0.29, 0.717) is 11.8 Å². The Morgan fingerprint density at radius 1 is 1.04 bits per heavy atom. The maximum Gasteiger partial charge on any atom is 0.0304 e. The molecule has 0 spiro atoms. The molecule has 0 aromatic carbocycles. The molecule has 0 aliphatic heterocycles. The second-order valence-corrected chi connectivity index (χ2v) is 10.5. The van der Waals surface area contributed by atoms with Crippen LogP contribution < -0.4 is 0 Å². The minimum Gasteiger partial charge on any atom is -0.145 e. The van der Waals surface area contributed by atoms with Crippen LogP contribution in [0.1, 0.15) is 79.0 Å². The lowest BCUT2D eigenvalue weighted by atomic mass is 9.88. The maximum absolute atomic E-state index is 2.43. The van der Waals surface area contributed by atoms with Crippen molar-refractivity contribution in [2.24, 2.45) is 11.8 Å². The third-order valence-electron chi connectivity index (χ3n) is 5.25. The molecule has 2 rings (SSSR count). The summed E-state index contributed by atoms with van der Waals surface area (Å²) in [7, 11) is 0. The Labute approximate surface area is 175 Å². The topological polar surface area (TPSA) is 0 Å². The van der Waals surface area contributed by atoms with Gasteiger partial charge in [-0.2, -0.15) is 0 Å². The van der Waals surface area contributed by atoms with Crippen molar-refractivity contribution in [3.05, 3.63) is 54.9 Å². The van der Waals surface area contributed by atoms with Gasteiger partial charge in [-0.3, -0.25) is 0 Å². The fourth-order valence-corrected chi connectivity index (χ4v) is 5.75. The molecule has 2 heterocycles. The third kappa shape index (κ3) is 6.19. The molecule has 0 aliphatic carbocycles. The second kappa shape index (κ2) is 10.4. The zero-order valence-corrected chi connectivity index (χ0v) is 19.8. The molecule has 1 atom stereocenters. The minimum atomic E-state index is 0.610. The molecule has 0 amide bonds. The number of allylic oxidation sites excluding steroid dienone is 3. The quantitative estimate of drug-likeness (QED) is 0.394. The molecule has 2 heteroatoms. The van der Waals surface area contributed by atoms with Gasteiger partial charge < -0.3 is 0 Å². The summed E-state index contributed by atoms with van der Waals surface area (Å²) in [6.45, 7) is 16.0. The third-order valence-corrected chi connectivity index (χ3v) is 7.43. The first-order valence-electron chi connectivity index (χ1n) is 10.4. The average molecular weight is 401 g/mol. The Morgan fingerprint density at radius 3 is 2.33 bits per heavy atom. The van der Waals surface area contributed by atoms with Crippen molar-refractivity contribution in [1.82, 2.24) is 0 Å². The Bertz CT molecular complexity index is 783. The number of hydrogen-bond donors (Lipinski definition) is 0. The lowest BCUT2D eigenvalue weighted by Crippen LogP contribution is -2.03. The van der Waals surface area contributed by atoms with Gasteiger partial charge in [-0.25, -0.2) is 0 Å². The first-order chi connectivity index (χ1) is 12.8. The Balaban J connectivity index is 2.12. The van der Waals surface area contributed by atoms with Gasteiger partial charge in [-0.15, -0.1) is 22.7 Å². The largest absolute Gasteiger partial charge is 0.145 e. The predicted molar refractivity (Wildman–Crippen MR) is 127 cm³/mol. The van der Waals surface area contributed by atoms with E-state index < -0.39 is 0 Å². The van der Waals surface area contributed by atoms with E-state index in [-0.39, 0.29) is 0 Å². The SMILES string of the molecule is CC/C(=C(\CC)C(C)CCc1cc(/C=C/C(C)C)c(C)s1)c1ccc(C)s1. The minimum absolute atomic E-state index is 0.610. The summed E-state index contributed by atoms with van der Waals surface area (Å²) in [6.07, 6.45) is 9.32. The number of hydrogen-bond acceptors (Lipinski definition) is 2. The highest BCUT2D eigenvalue weighted by molar-refractivity contribution is 7.13. The van der Waals surface area contributed by atoms with Gasteiger partial charge in [-0.1, -0.05) is 52.3 Å². The van der Waals surface area contributed by atoms with Gasteiger partial charge in [0.05, 0.1) is 0 Å². The van der Waals surface area contributed by atoms with Crippen LogP contribution in [0.2, 0.25) is 0 Å². The Morgan fingerprint density at radius 2 is 1.78 bits per heavy atom. The molecule has 148 valence electrons. The summed E-state index contributed by atoms with van der Waals surface area (Å²) < 4.78 is 0. The zero-order chi connectivity index (χ0) is 20.0. The van der Waals surface area contributed by atoms with Crippen LogP contribution in [-0.4, -0.2) is 0 Å². The van der Waals surface area contributed by atoms with Crippen molar-refractivity contribution >= 4 is 34.3 Å². The first-order valence-corrected chi connectivity index (χ1v) is 12.0. The lowest BCUT2D eigenvalue weighted by Gasteiger charge is -2.19. The van der Waals surface area contributed by atoms with E-state index in [1.54, 1.807) is 11.1 Å². The van der Waals surface area contributed by atoms with Crippen molar-refractivity contribution in [3.63, 3.8) is 0 Å².